The van der Waals surface area contributed by atoms with Gasteiger partial charge in [0.05, 0.1) is 11.9 Å². The summed E-state index contributed by atoms with van der Waals surface area (Å²) in [6, 6.07) is 5.63. The first-order valence-electron chi connectivity index (χ1n) is 5.22. The van der Waals surface area contributed by atoms with E-state index < -0.39 is 0 Å². The maximum atomic E-state index is 4.13. The van der Waals surface area contributed by atoms with Crippen molar-refractivity contribution in [3.05, 3.63) is 36.9 Å². The monoisotopic (exact) mass is 247 g/mol. The minimum absolute atomic E-state index is 0.731. The number of thiol groups is 1. The molecule has 2 aromatic heterocycles. The van der Waals surface area contributed by atoms with Gasteiger partial charge in [-0.05, 0) is 12.1 Å². The number of hydrogen-bond donors (Lipinski definition) is 3. The summed E-state index contributed by atoms with van der Waals surface area (Å²) in [5.41, 5.74) is 0.895. The van der Waals surface area contributed by atoms with Crippen molar-refractivity contribution < 1.29 is 0 Å². The standard InChI is InChI=1S/C11H13N5S/c17-5-4-13-10-6-11(15-8-14-10)16-9-2-1-3-12-7-9/h1-3,6-8,17H,4-5H2,(H2,13,14,15,16). The van der Waals surface area contributed by atoms with Gasteiger partial charge in [-0.15, -0.1) is 0 Å². The van der Waals surface area contributed by atoms with Gasteiger partial charge in [-0.25, -0.2) is 9.97 Å². The number of pyridine rings is 1. The molecule has 2 aromatic rings. The first-order valence-corrected chi connectivity index (χ1v) is 5.85. The highest BCUT2D eigenvalue weighted by molar-refractivity contribution is 7.80. The van der Waals surface area contributed by atoms with E-state index in [-0.39, 0.29) is 0 Å². The highest BCUT2D eigenvalue weighted by Crippen LogP contribution is 2.14. The van der Waals surface area contributed by atoms with Gasteiger partial charge in [0.1, 0.15) is 18.0 Å². The SMILES string of the molecule is SCCNc1cc(Nc2cccnc2)ncn1. The molecule has 0 aliphatic carbocycles. The van der Waals surface area contributed by atoms with Crippen molar-refractivity contribution in [3.63, 3.8) is 0 Å². The zero-order chi connectivity index (χ0) is 11.9. The fourth-order valence-electron chi connectivity index (χ4n) is 1.29. The van der Waals surface area contributed by atoms with Crippen LogP contribution in [0.1, 0.15) is 0 Å². The molecule has 0 saturated carbocycles. The van der Waals surface area contributed by atoms with E-state index in [1.54, 1.807) is 12.4 Å². The molecule has 0 unspecified atom stereocenters. The Hall–Kier alpha value is -1.82. The largest absolute Gasteiger partial charge is 0.369 e. The second-order valence-corrected chi connectivity index (χ2v) is 3.75. The fourth-order valence-corrected chi connectivity index (χ4v) is 1.40. The Kier molecular flexibility index (Phi) is 4.15. The summed E-state index contributed by atoms with van der Waals surface area (Å²) in [5, 5.41) is 6.29. The van der Waals surface area contributed by atoms with E-state index in [2.05, 4.69) is 38.2 Å². The predicted molar refractivity (Wildman–Crippen MR) is 71.9 cm³/mol. The molecule has 0 amide bonds. The van der Waals surface area contributed by atoms with Crippen molar-refractivity contribution in [2.75, 3.05) is 22.9 Å². The van der Waals surface area contributed by atoms with E-state index in [0.29, 0.717) is 0 Å². The molecule has 6 heteroatoms. The smallest absolute Gasteiger partial charge is 0.135 e. The van der Waals surface area contributed by atoms with Gasteiger partial charge in [0.15, 0.2) is 0 Å². The van der Waals surface area contributed by atoms with E-state index >= 15 is 0 Å². The zero-order valence-electron chi connectivity index (χ0n) is 9.17. The maximum absolute atomic E-state index is 4.13. The average Bonchev–Trinajstić information content (AvgIpc) is 2.38. The molecular weight excluding hydrogens is 234 g/mol. The van der Waals surface area contributed by atoms with Crippen molar-refractivity contribution in [1.29, 1.82) is 0 Å². The lowest BCUT2D eigenvalue weighted by Gasteiger charge is -2.07. The minimum atomic E-state index is 0.731. The normalized spacial score (nSPS) is 9.94. The summed E-state index contributed by atoms with van der Waals surface area (Å²) in [4.78, 5) is 12.3. The van der Waals surface area contributed by atoms with E-state index in [9.17, 15) is 0 Å². The van der Waals surface area contributed by atoms with Crippen LogP contribution in [0.3, 0.4) is 0 Å². The molecule has 0 saturated heterocycles. The Labute approximate surface area is 105 Å². The van der Waals surface area contributed by atoms with Crippen molar-refractivity contribution in [1.82, 2.24) is 15.0 Å². The fraction of sp³-hybridized carbons (Fsp3) is 0.182. The first kappa shape index (κ1) is 11.7. The summed E-state index contributed by atoms with van der Waals surface area (Å²) < 4.78 is 0. The number of hydrogen-bond acceptors (Lipinski definition) is 6. The van der Waals surface area contributed by atoms with Gasteiger partial charge >= 0.3 is 0 Å². The Morgan fingerprint density at radius 1 is 1.24 bits per heavy atom. The molecule has 2 heterocycles. The summed E-state index contributed by atoms with van der Waals surface area (Å²) in [6.45, 7) is 0.770. The van der Waals surface area contributed by atoms with Crippen LogP contribution in [0.5, 0.6) is 0 Å². The lowest BCUT2D eigenvalue weighted by atomic mass is 10.4. The van der Waals surface area contributed by atoms with Gasteiger partial charge in [-0.1, -0.05) is 0 Å². The molecule has 0 aliphatic heterocycles. The third-order valence-corrected chi connectivity index (χ3v) is 2.24. The van der Waals surface area contributed by atoms with E-state index in [4.69, 9.17) is 0 Å². The molecule has 0 aliphatic rings. The van der Waals surface area contributed by atoms with Crippen LogP contribution in [0.2, 0.25) is 0 Å². The molecule has 17 heavy (non-hydrogen) atoms. The molecule has 0 radical (unpaired) electrons. The predicted octanol–water partition coefficient (Wildman–Crippen LogP) is 1.96. The Bertz CT molecular complexity index is 462. The Morgan fingerprint density at radius 2 is 2.12 bits per heavy atom. The van der Waals surface area contributed by atoms with Crippen molar-refractivity contribution in [2.45, 2.75) is 0 Å². The molecule has 0 bridgehead atoms. The van der Waals surface area contributed by atoms with E-state index in [1.807, 2.05) is 18.2 Å². The summed E-state index contributed by atoms with van der Waals surface area (Å²) in [6.07, 6.45) is 4.98. The zero-order valence-corrected chi connectivity index (χ0v) is 10.1. The van der Waals surface area contributed by atoms with Crippen molar-refractivity contribution in [2.24, 2.45) is 0 Å². The Balaban J connectivity index is 2.06. The first-order chi connectivity index (χ1) is 8.38. The number of nitrogens with one attached hydrogen (secondary N) is 2. The molecule has 5 nitrogen and oxygen atoms in total. The second kappa shape index (κ2) is 6.05. The summed E-state index contributed by atoms with van der Waals surface area (Å²) in [7, 11) is 0. The van der Waals surface area contributed by atoms with E-state index in [0.717, 1.165) is 29.6 Å². The van der Waals surface area contributed by atoms with Crippen molar-refractivity contribution in [3.8, 4) is 0 Å². The summed E-state index contributed by atoms with van der Waals surface area (Å²) in [5.74, 6) is 2.27. The van der Waals surface area contributed by atoms with Crippen LogP contribution in [0.15, 0.2) is 36.9 Å². The quantitative estimate of drug-likeness (QED) is 0.705. The third kappa shape index (κ3) is 3.60. The van der Waals surface area contributed by atoms with Gasteiger partial charge in [0, 0.05) is 24.6 Å². The average molecular weight is 247 g/mol. The third-order valence-electron chi connectivity index (χ3n) is 2.02. The van der Waals surface area contributed by atoms with Gasteiger partial charge < -0.3 is 10.6 Å². The van der Waals surface area contributed by atoms with Crippen LogP contribution >= 0.6 is 12.6 Å². The van der Waals surface area contributed by atoms with Gasteiger partial charge in [0.2, 0.25) is 0 Å². The minimum Gasteiger partial charge on any atom is -0.369 e. The van der Waals surface area contributed by atoms with Gasteiger partial charge in [-0.2, -0.15) is 12.6 Å². The molecular formula is C11H13N5S. The van der Waals surface area contributed by atoms with Crippen LogP contribution < -0.4 is 10.6 Å². The topological polar surface area (TPSA) is 62.7 Å². The lowest BCUT2D eigenvalue weighted by molar-refractivity contribution is 1.12. The molecule has 2 rings (SSSR count). The molecule has 0 aromatic carbocycles. The maximum Gasteiger partial charge on any atom is 0.135 e. The summed E-state index contributed by atoms with van der Waals surface area (Å²) >= 11 is 4.13. The van der Waals surface area contributed by atoms with Crippen LogP contribution in [0.4, 0.5) is 17.3 Å². The van der Waals surface area contributed by atoms with Crippen molar-refractivity contribution >= 4 is 30.0 Å². The van der Waals surface area contributed by atoms with Crippen LogP contribution in [-0.4, -0.2) is 27.2 Å². The van der Waals surface area contributed by atoms with Gasteiger partial charge in [0.25, 0.3) is 0 Å². The molecule has 2 N–H and O–H groups in total. The highest BCUT2D eigenvalue weighted by Gasteiger charge is 1.98. The van der Waals surface area contributed by atoms with E-state index in [1.165, 1.54) is 6.33 Å². The second-order valence-electron chi connectivity index (χ2n) is 3.31. The Morgan fingerprint density at radius 3 is 2.88 bits per heavy atom. The van der Waals surface area contributed by atoms with Crippen LogP contribution in [-0.2, 0) is 0 Å². The van der Waals surface area contributed by atoms with Crippen LogP contribution in [0.25, 0.3) is 0 Å². The number of aromatic nitrogens is 3. The van der Waals surface area contributed by atoms with Crippen LogP contribution in [0, 0.1) is 0 Å². The van der Waals surface area contributed by atoms with Gasteiger partial charge in [-0.3, -0.25) is 4.98 Å². The number of anilines is 3. The molecule has 88 valence electrons. The molecule has 0 spiro atoms. The number of rotatable bonds is 5. The highest BCUT2D eigenvalue weighted by atomic mass is 32.1. The lowest BCUT2D eigenvalue weighted by Crippen LogP contribution is -2.05. The molecule has 0 fully saturated rings. The number of nitrogens with zero attached hydrogens (tertiary/aromatic N) is 3. The molecule has 0 atom stereocenters.